The maximum Gasteiger partial charge on any atom is 0.418 e. The zero-order valence-corrected chi connectivity index (χ0v) is 22.0. The number of halogens is 3. The Hall–Kier alpha value is -3.50. The van der Waals surface area contributed by atoms with E-state index in [0.717, 1.165) is 49.2 Å². The van der Waals surface area contributed by atoms with E-state index < -0.39 is 11.7 Å². The molecule has 0 aliphatic carbocycles. The van der Waals surface area contributed by atoms with Gasteiger partial charge in [-0.2, -0.15) is 13.2 Å². The van der Waals surface area contributed by atoms with Crippen molar-refractivity contribution in [2.75, 3.05) is 25.1 Å². The smallest absolute Gasteiger partial charge is 0.381 e. The molecule has 1 N–H and O–H groups in total. The number of rotatable bonds is 5. The molecule has 39 heavy (non-hydrogen) atoms. The zero-order valence-electron chi connectivity index (χ0n) is 22.0. The second kappa shape index (κ2) is 10.2. The van der Waals surface area contributed by atoms with Crippen molar-refractivity contribution in [3.63, 3.8) is 0 Å². The number of hydrogen-bond acceptors (Lipinski definition) is 6. The third kappa shape index (κ3) is 4.98. The Morgan fingerprint density at radius 2 is 1.92 bits per heavy atom. The number of nitrogens with zero attached hydrogens (tertiary/aromatic N) is 5. The molecule has 1 saturated heterocycles. The summed E-state index contributed by atoms with van der Waals surface area (Å²) in [5, 5.41) is 0.364. The molecule has 0 amide bonds. The number of aromatic nitrogens is 4. The first kappa shape index (κ1) is 25.8. The highest BCUT2D eigenvalue weighted by Crippen LogP contribution is 2.41. The second-order valence-corrected chi connectivity index (χ2v) is 10.5. The van der Waals surface area contributed by atoms with Gasteiger partial charge in [0.15, 0.2) is 5.82 Å². The number of benzene rings is 1. The predicted molar refractivity (Wildman–Crippen MR) is 143 cm³/mol. The number of pyridine rings is 1. The lowest BCUT2D eigenvalue weighted by Gasteiger charge is -2.40. The number of nitrogens with one attached hydrogen (secondary N) is 1. The van der Waals surface area contributed by atoms with Crippen LogP contribution in [0.25, 0.3) is 22.4 Å². The molecule has 0 saturated carbocycles. The number of piperidine rings is 1. The SMILES string of the molecule is CO[C@@H]1CCN(c2nc(-c3c(C(F)(F)F)cnc4[nH]ccc34)nc3c2CN(Cc2ccccc2)CC3)[C@H](C)C1. The maximum atomic E-state index is 14.2. The van der Waals surface area contributed by atoms with Gasteiger partial charge < -0.3 is 14.6 Å². The highest BCUT2D eigenvalue weighted by Gasteiger charge is 2.38. The van der Waals surface area contributed by atoms with Gasteiger partial charge in [0.1, 0.15) is 11.5 Å². The molecule has 1 aromatic carbocycles. The lowest BCUT2D eigenvalue weighted by atomic mass is 9.97. The van der Waals surface area contributed by atoms with Gasteiger partial charge >= 0.3 is 6.18 Å². The average Bonchev–Trinajstić information content (AvgIpc) is 3.41. The fourth-order valence-electron chi connectivity index (χ4n) is 5.90. The minimum atomic E-state index is -4.59. The van der Waals surface area contributed by atoms with Gasteiger partial charge in [-0.25, -0.2) is 15.0 Å². The van der Waals surface area contributed by atoms with Gasteiger partial charge in [0.05, 0.1) is 17.4 Å². The van der Waals surface area contributed by atoms with Gasteiger partial charge in [0, 0.05) is 74.7 Å². The summed E-state index contributed by atoms with van der Waals surface area (Å²) in [7, 11) is 1.73. The van der Waals surface area contributed by atoms with E-state index in [0.29, 0.717) is 30.5 Å². The van der Waals surface area contributed by atoms with Crippen molar-refractivity contribution >= 4 is 16.9 Å². The molecule has 204 valence electrons. The molecule has 4 aromatic rings. The van der Waals surface area contributed by atoms with Crippen LogP contribution in [-0.2, 0) is 30.4 Å². The molecule has 3 aromatic heterocycles. The lowest BCUT2D eigenvalue weighted by molar-refractivity contribution is -0.137. The van der Waals surface area contributed by atoms with Crippen molar-refractivity contribution in [2.45, 2.75) is 57.6 Å². The highest BCUT2D eigenvalue weighted by atomic mass is 19.4. The number of ether oxygens (including phenoxy) is 1. The van der Waals surface area contributed by atoms with Crippen LogP contribution in [0.15, 0.2) is 48.8 Å². The molecular weight excluding hydrogens is 505 g/mol. The Morgan fingerprint density at radius 1 is 1.10 bits per heavy atom. The summed E-state index contributed by atoms with van der Waals surface area (Å²) in [5.74, 6) is 0.823. The molecule has 0 unspecified atom stereocenters. The number of aromatic amines is 1. The molecule has 0 radical (unpaired) electrons. The monoisotopic (exact) mass is 536 g/mol. The van der Waals surface area contributed by atoms with Crippen LogP contribution in [-0.4, -0.2) is 57.2 Å². The maximum absolute atomic E-state index is 14.2. The first-order valence-electron chi connectivity index (χ1n) is 13.3. The van der Waals surface area contributed by atoms with E-state index in [4.69, 9.17) is 14.7 Å². The number of anilines is 1. The Kier molecular flexibility index (Phi) is 6.76. The summed E-state index contributed by atoms with van der Waals surface area (Å²) in [6.45, 7) is 5.03. The predicted octanol–water partition coefficient (Wildman–Crippen LogP) is 5.60. The summed E-state index contributed by atoms with van der Waals surface area (Å²) in [4.78, 5) is 21.3. The topological polar surface area (TPSA) is 70.2 Å². The van der Waals surface area contributed by atoms with Gasteiger partial charge in [-0.3, -0.25) is 4.90 Å². The van der Waals surface area contributed by atoms with E-state index in [1.165, 1.54) is 5.56 Å². The summed E-state index contributed by atoms with van der Waals surface area (Å²) in [6.07, 6.45) is 0.321. The molecule has 2 aliphatic rings. The van der Waals surface area contributed by atoms with Crippen molar-refractivity contribution < 1.29 is 17.9 Å². The molecule has 10 heteroatoms. The fourth-order valence-corrected chi connectivity index (χ4v) is 5.90. The van der Waals surface area contributed by atoms with E-state index in [1.54, 1.807) is 19.4 Å². The third-order valence-electron chi connectivity index (χ3n) is 7.92. The van der Waals surface area contributed by atoms with Crippen LogP contribution in [0.5, 0.6) is 0 Å². The van der Waals surface area contributed by atoms with E-state index in [2.05, 4.69) is 38.8 Å². The molecule has 2 atom stereocenters. The van der Waals surface area contributed by atoms with Crippen LogP contribution >= 0.6 is 0 Å². The van der Waals surface area contributed by atoms with Gasteiger partial charge in [0.25, 0.3) is 0 Å². The molecule has 2 aliphatic heterocycles. The average molecular weight is 537 g/mol. The fraction of sp³-hybridized carbons (Fsp3) is 0.414. The number of alkyl halides is 3. The Bertz CT molecular complexity index is 1470. The van der Waals surface area contributed by atoms with E-state index in [-0.39, 0.29) is 23.5 Å². The van der Waals surface area contributed by atoms with Crippen molar-refractivity contribution in [3.05, 3.63) is 71.2 Å². The van der Waals surface area contributed by atoms with E-state index in [1.807, 2.05) is 18.2 Å². The molecule has 1 fully saturated rings. The van der Waals surface area contributed by atoms with Gasteiger partial charge in [0.2, 0.25) is 0 Å². The molecule has 5 heterocycles. The van der Waals surface area contributed by atoms with Crippen molar-refractivity contribution in [2.24, 2.45) is 0 Å². The van der Waals surface area contributed by atoms with Crippen LogP contribution < -0.4 is 4.90 Å². The number of hydrogen-bond donors (Lipinski definition) is 1. The highest BCUT2D eigenvalue weighted by molar-refractivity contribution is 5.93. The molecule has 7 nitrogen and oxygen atoms in total. The van der Waals surface area contributed by atoms with Crippen molar-refractivity contribution in [1.29, 1.82) is 0 Å². The van der Waals surface area contributed by atoms with Crippen LogP contribution in [0.1, 0.15) is 42.1 Å². The molecular formula is C29H31F3N6O. The summed E-state index contributed by atoms with van der Waals surface area (Å²) < 4.78 is 48.3. The number of H-pyrrole nitrogens is 1. The number of methoxy groups -OCH3 is 1. The lowest BCUT2D eigenvalue weighted by Crippen LogP contribution is -2.45. The number of fused-ring (bicyclic) bond motifs is 2. The Balaban J connectivity index is 1.48. The van der Waals surface area contributed by atoms with Crippen LogP contribution in [0.3, 0.4) is 0 Å². The van der Waals surface area contributed by atoms with E-state index >= 15 is 0 Å². The minimum absolute atomic E-state index is 0.0241. The van der Waals surface area contributed by atoms with E-state index in [9.17, 15) is 13.2 Å². The standard InChI is InChI=1S/C29H31F3N6O/c1-18-14-20(39-2)9-13-38(18)28-22-17-37(16-19-6-4-3-5-7-19)12-10-24(22)35-27(36-28)25-21-8-11-33-26(21)34-15-23(25)29(30,31)32/h3-8,11,15,18,20H,9-10,12-14,16-17H2,1-2H3,(H,33,34)/t18-,20-/m1/s1. The molecule has 6 rings (SSSR count). The second-order valence-electron chi connectivity index (χ2n) is 10.5. The Morgan fingerprint density at radius 3 is 2.67 bits per heavy atom. The van der Waals surface area contributed by atoms with Crippen LogP contribution in [0.4, 0.5) is 19.0 Å². The normalized spacial score (nSPS) is 20.4. The summed E-state index contributed by atoms with van der Waals surface area (Å²) in [5.41, 5.74) is 2.56. The quantitative estimate of drug-likeness (QED) is 0.358. The van der Waals surface area contributed by atoms with Crippen LogP contribution in [0, 0.1) is 0 Å². The minimum Gasteiger partial charge on any atom is -0.381 e. The summed E-state index contributed by atoms with van der Waals surface area (Å²) >= 11 is 0. The van der Waals surface area contributed by atoms with Gasteiger partial charge in [-0.05, 0) is 31.4 Å². The first-order chi connectivity index (χ1) is 18.8. The zero-order chi connectivity index (χ0) is 27.1. The third-order valence-corrected chi connectivity index (χ3v) is 7.92. The van der Waals surface area contributed by atoms with Gasteiger partial charge in [-0.15, -0.1) is 0 Å². The van der Waals surface area contributed by atoms with Crippen molar-refractivity contribution in [3.8, 4) is 11.4 Å². The molecule has 0 bridgehead atoms. The van der Waals surface area contributed by atoms with Gasteiger partial charge in [-0.1, -0.05) is 30.3 Å². The van der Waals surface area contributed by atoms with Crippen molar-refractivity contribution in [1.82, 2.24) is 24.8 Å². The Labute approximate surface area is 225 Å². The first-order valence-corrected chi connectivity index (χ1v) is 13.3. The summed E-state index contributed by atoms with van der Waals surface area (Å²) in [6, 6.07) is 12.0. The largest absolute Gasteiger partial charge is 0.418 e. The van der Waals surface area contributed by atoms with Crippen LogP contribution in [0.2, 0.25) is 0 Å². The molecule has 0 spiro atoms.